The van der Waals surface area contributed by atoms with Crippen LogP contribution in [-0.2, 0) is 63.7 Å². The summed E-state index contributed by atoms with van der Waals surface area (Å²) in [5, 5.41) is 122. The highest BCUT2D eigenvalue weighted by atomic mass is 16.8. The summed E-state index contributed by atoms with van der Waals surface area (Å²) >= 11 is 0. The van der Waals surface area contributed by atoms with E-state index in [1.165, 1.54) is 0 Å². The fourth-order valence-electron chi connectivity index (χ4n) is 7.10. The standard InChI is InChI=1S/C35H50N2O23/c1-11(40)36-16-25(18(42)14(8-38)54-31(16)51)56-35-24(48)22(46)27(29(60-35)30(49)50)58-33-17(37-12(2)41)26(19(43)15(9-39)55-33)57-34-23(47)20(44)21(45)28(59-34)32(52)53-10-13-6-4-3-5-7-13/h3-7,14-29,31,33-35,38-39,42-48,51H,8-10H2,1-2H3,(H,36,40)(H,37,41)(H,49,50)/t14-,15-,16-,17-,18-,19-,20+,21+,22-,23-,24-,25-,26-,27+,28+,29+,31-,33+,34-,35-/m1/s1. The summed E-state index contributed by atoms with van der Waals surface area (Å²) in [5.74, 6) is -4.66. The molecule has 0 bridgehead atoms. The number of amides is 2. The quantitative estimate of drug-likeness (QED) is 0.0772. The molecule has 4 aliphatic heterocycles. The smallest absolute Gasteiger partial charge is 0.338 e. The SMILES string of the molecule is CC(=O)N[C@@H]1[C@@H](O[C@@H]2O[C@H](C(=O)O)[C@@H](O[C@@H]3O[C@H](CO)[C@@H](O)[C@H](O[C@@H]4O[C@H](C(=O)OCc5ccccc5)[C@@H](O)[C@H](O)[C@H]4O)[C@H]3NC(C)=O)[C@H](O)[C@H]2O)[C@H](O)[C@@H](CO)O[C@H]1O. The maximum Gasteiger partial charge on any atom is 0.338 e. The number of esters is 1. The molecule has 4 heterocycles. The molecule has 0 radical (unpaired) electrons. The Bertz CT molecular complexity index is 1610. The van der Waals surface area contributed by atoms with Gasteiger partial charge in [-0.1, -0.05) is 30.3 Å². The van der Waals surface area contributed by atoms with Gasteiger partial charge in [0.2, 0.25) is 11.8 Å². The molecule has 1 aromatic rings. The summed E-state index contributed by atoms with van der Waals surface area (Å²) in [7, 11) is 0. The Hall–Kier alpha value is -3.58. The first kappa shape index (κ1) is 47.5. The number of hydrogen-bond acceptors (Lipinski definition) is 22. The Morgan fingerprint density at radius 2 is 1.08 bits per heavy atom. The molecule has 5 rings (SSSR count). The molecule has 60 heavy (non-hydrogen) atoms. The number of carboxylic acid groups (broad SMARTS) is 1. The van der Waals surface area contributed by atoms with E-state index in [0.29, 0.717) is 5.56 Å². The number of carbonyl (C=O) groups excluding carboxylic acids is 3. The topological polar surface area (TPSA) is 389 Å². The number of carbonyl (C=O) groups is 4. The Labute approximate surface area is 339 Å². The molecule has 4 aliphatic rings. The Morgan fingerprint density at radius 1 is 0.583 bits per heavy atom. The van der Waals surface area contributed by atoms with Gasteiger partial charge < -0.3 is 105 Å². The molecule has 4 saturated heterocycles. The fraction of sp³-hybridized carbons (Fsp3) is 0.714. The molecule has 0 unspecified atom stereocenters. The number of rotatable bonds is 14. The van der Waals surface area contributed by atoms with Gasteiger partial charge in [0, 0.05) is 13.8 Å². The van der Waals surface area contributed by atoms with Gasteiger partial charge >= 0.3 is 11.9 Å². The maximum absolute atomic E-state index is 13.0. The van der Waals surface area contributed by atoms with Crippen molar-refractivity contribution in [1.82, 2.24) is 10.6 Å². The zero-order valence-corrected chi connectivity index (χ0v) is 31.9. The van der Waals surface area contributed by atoms with Crippen LogP contribution in [0.1, 0.15) is 19.4 Å². The average molecular weight is 867 g/mol. The van der Waals surface area contributed by atoms with Crippen LogP contribution in [0.4, 0.5) is 0 Å². The second-order valence-corrected chi connectivity index (χ2v) is 14.4. The lowest BCUT2D eigenvalue weighted by molar-refractivity contribution is -0.368. The minimum Gasteiger partial charge on any atom is -0.479 e. The largest absolute Gasteiger partial charge is 0.479 e. The van der Waals surface area contributed by atoms with E-state index in [1.807, 2.05) is 0 Å². The average Bonchev–Trinajstić information content (AvgIpc) is 3.20. The van der Waals surface area contributed by atoms with Gasteiger partial charge in [0.05, 0.1) is 13.2 Å². The van der Waals surface area contributed by atoms with Crippen molar-refractivity contribution in [2.45, 2.75) is 143 Å². The third-order valence-electron chi connectivity index (χ3n) is 10.2. The van der Waals surface area contributed by atoms with Gasteiger partial charge in [-0.2, -0.15) is 0 Å². The maximum atomic E-state index is 13.0. The van der Waals surface area contributed by atoms with Gasteiger partial charge in [-0.3, -0.25) is 9.59 Å². The number of ether oxygens (including phenoxy) is 8. The second-order valence-electron chi connectivity index (χ2n) is 14.4. The van der Waals surface area contributed by atoms with Crippen LogP contribution in [-0.4, -0.2) is 216 Å². The van der Waals surface area contributed by atoms with Crippen LogP contribution in [0, 0.1) is 0 Å². The summed E-state index contributed by atoms with van der Waals surface area (Å²) < 4.78 is 44.2. The lowest BCUT2D eigenvalue weighted by Gasteiger charge is -2.49. The summed E-state index contributed by atoms with van der Waals surface area (Å²) in [6, 6.07) is 4.96. The molecule has 13 N–H and O–H groups in total. The summed E-state index contributed by atoms with van der Waals surface area (Å²) in [6.07, 6.45) is -36.1. The van der Waals surface area contributed by atoms with Crippen molar-refractivity contribution >= 4 is 23.8 Å². The summed E-state index contributed by atoms with van der Waals surface area (Å²) in [4.78, 5) is 50.0. The Balaban J connectivity index is 1.38. The lowest BCUT2D eigenvalue weighted by atomic mass is 9.94. The highest BCUT2D eigenvalue weighted by Crippen LogP contribution is 2.35. The van der Waals surface area contributed by atoms with Crippen molar-refractivity contribution in [3.8, 4) is 0 Å². The predicted molar refractivity (Wildman–Crippen MR) is 187 cm³/mol. The van der Waals surface area contributed by atoms with Crippen molar-refractivity contribution in [3.05, 3.63) is 35.9 Å². The number of aliphatic hydroxyl groups excluding tert-OH is 10. The monoisotopic (exact) mass is 866 g/mol. The van der Waals surface area contributed by atoms with E-state index in [4.69, 9.17) is 37.9 Å². The number of benzene rings is 1. The molecular weight excluding hydrogens is 816 g/mol. The molecule has 25 heteroatoms. The Kier molecular flexibility index (Phi) is 16.2. The van der Waals surface area contributed by atoms with Crippen LogP contribution in [0.5, 0.6) is 0 Å². The third-order valence-corrected chi connectivity index (χ3v) is 10.2. The fourth-order valence-corrected chi connectivity index (χ4v) is 7.10. The van der Waals surface area contributed by atoms with Crippen molar-refractivity contribution < 1.29 is 113 Å². The molecule has 0 aliphatic carbocycles. The van der Waals surface area contributed by atoms with Gasteiger partial charge in [0.25, 0.3) is 0 Å². The van der Waals surface area contributed by atoms with Crippen LogP contribution in [0.15, 0.2) is 30.3 Å². The van der Waals surface area contributed by atoms with Crippen molar-refractivity contribution in [1.29, 1.82) is 0 Å². The summed E-state index contributed by atoms with van der Waals surface area (Å²) in [6.45, 7) is -0.120. The number of carboxylic acids is 1. The van der Waals surface area contributed by atoms with E-state index < -0.39 is 160 Å². The van der Waals surface area contributed by atoms with Crippen molar-refractivity contribution in [2.24, 2.45) is 0 Å². The minimum atomic E-state index is -2.30. The first-order valence-corrected chi connectivity index (χ1v) is 18.6. The molecule has 20 atom stereocenters. The number of aliphatic hydroxyl groups is 10. The van der Waals surface area contributed by atoms with Crippen LogP contribution in [0.3, 0.4) is 0 Å². The molecule has 25 nitrogen and oxygen atoms in total. The zero-order chi connectivity index (χ0) is 44.2. The predicted octanol–water partition coefficient (Wildman–Crippen LogP) is -7.62. The van der Waals surface area contributed by atoms with Gasteiger partial charge in [-0.15, -0.1) is 0 Å². The summed E-state index contributed by atoms with van der Waals surface area (Å²) in [5.41, 5.74) is 0.549. The molecule has 2 amide bonds. The van der Waals surface area contributed by atoms with Crippen molar-refractivity contribution in [3.63, 3.8) is 0 Å². The van der Waals surface area contributed by atoms with Gasteiger partial charge in [0.15, 0.2) is 37.4 Å². The van der Waals surface area contributed by atoms with E-state index >= 15 is 0 Å². The molecule has 0 spiro atoms. The van der Waals surface area contributed by atoms with E-state index in [0.717, 1.165) is 13.8 Å². The van der Waals surface area contributed by atoms with Crippen molar-refractivity contribution in [2.75, 3.05) is 13.2 Å². The third kappa shape index (κ3) is 10.5. The zero-order valence-electron chi connectivity index (χ0n) is 31.9. The van der Waals surface area contributed by atoms with Crippen LogP contribution < -0.4 is 10.6 Å². The second kappa shape index (κ2) is 20.5. The van der Waals surface area contributed by atoms with E-state index in [9.17, 15) is 75.3 Å². The number of aliphatic carboxylic acids is 1. The molecule has 338 valence electrons. The van der Waals surface area contributed by atoms with Crippen LogP contribution in [0.2, 0.25) is 0 Å². The molecule has 0 saturated carbocycles. The van der Waals surface area contributed by atoms with Gasteiger partial charge in [-0.05, 0) is 5.56 Å². The minimum absolute atomic E-state index is 0.283. The number of nitrogens with one attached hydrogen (secondary N) is 2. The highest BCUT2D eigenvalue weighted by Gasteiger charge is 2.57. The van der Waals surface area contributed by atoms with Crippen LogP contribution in [0.25, 0.3) is 0 Å². The number of hydrogen-bond donors (Lipinski definition) is 13. The van der Waals surface area contributed by atoms with Gasteiger partial charge in [-0.25, -0.2) is 9.59 Å². The van der Waals surface area contributed by atoms with E-state index in [-0.39, 0.29) is 6.61 Å². The highest BCUT2D eigenvalue weighted by molar-refractivity contribution is 5.76. The molecule has 4 fully saturated rings. The Morgan fingerprint density at radius 3 is 1.63 bits per heavy atom. The molecular formula is C35H50N2O23. The van der Waals surface area contributed by atoms with Crippen LogP contribution >= 0.6 is 0 Å². The molecule has 1 aromatic carbocycles. The normalized spacial score (nSPS) is 42.1. The molecule has 0 aromatic heterocycles. The first-order valence-electron chi connectivity index (χ1n) is 18.6. The van der Waals surface area contributed by atoms with E-state index in [1.54, 1.807) is 30.3 Å². The first-order chi connectivity index (χ1) is 28.4. The lowest BCUT2D eigenvalue weighted by Crippen LogP contribution is -2.70. The van der Waals surface area contributed by atoms with Gasteiger partial charge in [0.1, 0.15) is 91.9 Å². The van der Waals surface area contributed by atoms with E-state index in [2.05, 4.69) is 10.6 Å².